The zero-order valence-corrected chi connectivity index (χ0v) is 12.4. The van der Waals surface area contributed by atoms with Crippen molar-refractivity contribution in [3.63, 3.8) is 0 Å². The predicted molar refractivity (Wildman–Crippen MR) is 84.2 cm³/mol. The van der Waals surface area contributed by atoms with Crippen molar-refractivity contribution in [1.29, 1.82) is 0 Å². The summed E-state index contributed by atoms with van der Waals surface area (Å²) in [6.07, 6.45) is 0. The Hall–Kier alpha value is -2.26. The number of fused-ring (bicyclic) bond motifs is 1. The van der Waals surface area contributed by atoms with E-state index in [1.807, 2.05) is 24.3 Å². The van der Waals surface area contributed by atoms with Gasteiger partial charge in [-0.05, 0) is 49.4 Å². The largest absolute Gasteiger partial charge is 0.497 e. The molecule has 21 heavy (non-hydrogen) atoms. The summed E-state index contributed by atoms with van der Waals surface area (Å²) in [6, 6.07) is 12.5. The molecule has 0 aliphatic heterocycles. The van der Waals surface area contributed by atoms with Gasteiger partial charge in [-0.1, -0.05) is 11.6 Å². The van der Waals surface area contributed by atoms with Crippen LogP contribution in [0.1, 0.15) is 5.56 Å². The van der Waals surface area contributed by atoms with E-state index in [9.17, 15) is 4.79 Å². The van der Waals surface area contributed by atoms with E-state index in [0.29, 0.717) is 27.3 Å². The monoisotopic (exact) mass is 300 g/mol. The Labute approximate surface area is 126 Å². The summed E-state index contributed by atoms with van der Waals surface area (Å²) >= 11 is 5.94. The molecule has 3 aromatic rings. The van der Waals surface area contributed by atoms with E-state index in [4.69, 9.17) is 20.8 Å². The average Bonchev–Trinajstić information content (AvgIpc) is 2.51. The molecule has 2 aromatic carbocycles. The summed E-state index contributed by atoms with van der Waals surface area (Å²) in [7, 11) is 1.61. The SMILES string of the molecule is COc1ccc(-c2oc3ccc(Cl)cc3c(=O)c2C)cc1. The minimum atomic E-state index is -0.0652. The fraction of sp³-hybridized carbons (Fsp3) is 0.118. The smallest absolute Gasteiger partial charge is 0.196 e. The lowest BCUT2D eigenvalue weighted by Crippen LogP contribution is -2.07. The summed E-state index contributed by atoms with van der Waals surface area (Å²) in [5.74, 6) is 1.32. The molecule has 1 aromatic heterocycles. The van der Waals surface area contributed by atoms with Crippen molar-refractivity contribution in [3.8, 4) is 17.1 Å². The van der Waals surface area contributed by atoms with E-state index in [2.05, 4.69) is 0 Å². The maximum atomic E-state index is 12.5. The molecule has 1 heterocycles. The molecule has 3 rings (SSSR count). The first-order valence-corrected chi connectivity index (χ1v) is 6.85. The van der Waals surface area contributed by atoms with Gasteiger partial charge < -0.3 is 9.15 Å². The first kappa shape index (κ1) is 13.7. The van der Waals surface area contributed by atoms with Crippen LogP contribution in [0.15, 0.2) is 51.7 Å². The highest BCUT2D eigenvalue weighted by Gasteiger charge is 2.13. The summed E-state index contributed by atoms with van der Waals surface area (Å²) in [5, 5.41) is 1.02. The Morgan fingerprint density at radius 2 is 1.81 bits per heavy atom. The Balaban J connectivity index is 2.25. The topological polar surface area (TPSA) is 39.4 Å². The predicted octanol–water partition coefficient (Wildman–Crippen LogP) is 4.43. The molecule has 0 aliphatic carbocycles. The van der Waals surface area contributed by atoms with Crippen LogP contribution in [0.5, 0.6) is 5.75 Å². The molecule has 3 nitrogen and oxygen atoms in total. The molecule has 0 saturated heterocycles. The molecule has 0 unspecified atom stereocenters. The van der Waals surface area contributed by atoms with Gasteiger partial charge in [-0.2, -0.15) is 0 Å². The number of hydrogen-bond acceptors (Lipinski definition) is 3. The molecular weight excluding hydrogens is 288 g/mol. The first-order valence-electron chi connectivity index (χ1n) is 6.47. The van der Waals surface area contributed by atoms with E-state index >= 15 is 0 Å². The first-order chi connectivity index (χ1) is 10.1. The van der Waals surface area contributed by atoms with Gasteiger partial charge in [-0.25, -0.2) is 0 Å². The van der Waals surface area contributed by atoms with Crippen LogP contribution in [0.4, 0.5) is 0 Å². The number of benzene rings is 2. The molecule has 0 amide bonds. The van der Waals surface area contributed by atoms with Crippen molar-refractivity contribution in [2.75, 3.05) is 7.11 Å². The second-order valence-electron chi connectivity index (χ2n) is 4.75. The van der Waals surface area contributed by atoms with Crippen LogP contribution in [0.3, 0.4) is 0 Å². The van der Waals surface area contributed by atoms with Gasteiger partial charge in [0.25, 0.3) is 0 Å². The van der Waals surface area contributed by atoms with Crippen molar-refractivity contribution in [1.82, 2.24) is 0 Å². The Kier molecular flexibility index (Phi) is 3.43. The number of ether oxygens (including phenoxy) is 1. The van der Waals surface area contributed by atoms with Crippen LogP contribution in [0, 0.1) is 6.92 Å². The van der Waals surface area contributed by atoms with E-state index in [1.165, 1.54) is 0 Å². The van der Waals surface area contributed by atoms with E-state index in [1.54, 1.807) is 32.2 Å². The van der Waals surface area contributed by atoms with Crippen LogP contribution in [-0.4, -0.2) is 7.11 Å². The fourth-order valence-electron chi connectivity index (χ4n) is 2.28. The van der Waals surface area contributed by atoms with Gasteiger partial charge in [0.2, 0.25) is 0 Å². The van der Waals surface area contributed by atoms with Gasteiger partial charge in [-0.15, -0.1) is 0 Å². The lowest BCUT2D eigenvalue weighted by molar-refractivity contribution is 0.415. The number of methoxy groups -OCH3 is 1. The third-order valence-electron chi connectivity index (χ3n) is 3.43. The van der Waals surface area contributed by atoms with Gasteiger partial charge in [-0.3, -0.25) is 4.79 Å². The standard InChI is InChI=1S/C17H13ClO3/c1-10-16(19)14-9-12(18)5-8-15(14)21-17(10)11-3-6-13(20-2)7-4-11/h3-9H,1-2H3. The molecule has 106 valence electrons. The van der Waals surface area contributed by atoms with Crippen LogP contribution >= 0.6 is 11.6 Å². The maximum absolute atomic E-state index is 12.5. The highest BCUT2D eigenvalue weighted by molar-refractivity contribution is 6.31. The molecule has 4 heteroatoms. The molecule has 0 N–H and O–H groups in total. The molecule has 0 atom stereocenters. The number of rotatable bonds is 2. The zero-order chi connectivity index (χ0) is 15.0. The average molecular weight is 301 g/mol. The molecule has 0 radical (unpaired) electrons. The lowest BCUT2D eigenvalue weighted by atomic mass is 10.1. The highest BCUT2D eigenvalue weighted by Crippen LogP contribution is 2.28. The minimum Gasteiger partial charge on any atom is -0.497 e. The normalized spacial score (nSPS) is 10.8. The lowest BCUT2D eigenvalue weighted by Gasteiger charge is -2.08. The number of halogens is 1. The second kappa shape index (κ2) is 5.26. The highest BCUT2D eigenvalue weighted by atomic mass is 35.5. The Morgan fingerprint density at radius 3 is 2.48 bits per heavy atom. The molecule has 0 saturated carbocycles. The van der Waals surface area contributed by atoms with Gasteiger partial charge in [0.1, 0.15) is 17.1 Å². The fourth-order valence-corrected chi connectivity index (χ4v) is 2.45. The Morgan fingerprint density at radius 1 is 1.10 bits per heavy atom. The molecular formula is C17H13ClO3. The molecule has 0 spiro atoms. The van der Waals surface area contributed by atoms with E-state index in [-0.39, 0.29) is 5.43 Å². The van der Waals surface area contributed by atoms with Crippen molar-refractivity contribution in [3.05, 3.63) is 63.3 Å². The third-order valence-corrected chi connectivity index (χ3v) is 3.67. The van der Waals surface area contributed by atoms with Crippen molar-refractivity contribution in [2.45, 2.75) is 6.92 Å². The molecule has 0 fully saturated rings. The van der Waals surface area contributed by atoms with Gasteiger partial charge in [0.05, 0.1) is 12.5 Å². The van der Waals surface area contributed by atoms with E-state index in [0.717, 1.165) is 11.3 Å². The van der Waals surface area contributed by atoms with Crippen LogP contribution in [0.2, 0.25) is 5.02 Å². The minimum absolute atomic E-state index is 0.0652. The quantitative estimate of drug-likeness (QED) is 0.703. The van der Waals surface area contributed by atoms with Crippen LogP contribution in [0.25, 0.3) is 22.3 Å². The summed E-state index contributed by atoms with van der Waals surface area (Å²) < 4.78 is 11.0. The Bertz CT molecular complexity index is 864. The van der Waals surface area contributed by atoms with Crippen LogP contribution < -0.4 is 10.2 Å². The van der Waals surface area contributed by atoms with E-state index < -0.39 is 0 Å². The summed E-state index contributed by atoms with van der Waals surface area (Å²) in [6.45, 7) is 1.76. The van der Waals surface area contributed by atoms with Gasteiger partial charge in [0.15, 0.2) is 5.43 Å². The second-order valence-corrected chi connectivity index (χ2v) is 5.19. The summed E-state index contributed by atoms with van der Waals surface area (Å²) in [5.41, 5.74) is 1.86. The zero-order valence-electron chi connectivity index (χ0n) is 11.6. The summed E-state index contributed by atoms with van der Waals surface area (Å²) in [4.78, 5) is 12.5. The molecule has 0 aliphatic rings. The van der Waals surface area contributed by atoms with Gasteiger partial charge >= 0.3 is 0 Å². The molecule has 0 bridgehead atoms. The van der Waals surface area contributed by atoms with Crippen molar-refractivity contribution >= 4 is 22.6 Å². The van der Waals surface area contributed by atoms with Crippen molar-refractivity contribution < 1.29 is 9.15 Å². The third kappa shape index (κ3) is 2.41. The number of hydrogen-bond donors (Lipinski definition) is 0. The van der Waals surface area contributed by atoms with Crippen molar-refractivity contribution in [2.24, 2.45) is 0 Å². The van der Waals surface area contributed by atoms with Crippen LogP contribution in [-0.2, 0) is 0 Å². The van der Waals surface area contributed by atoms with Gasteiger partial charge in [0, 0.05) is 16.1 Å². The maximum Gasteiger partial charge on any atom is 0.196 e.